The maximum Gasteiger partial charge on any atom is 0.234 e. The van der Waals surface area contributed by atoms with Crippen LogP contribution in [0.15, 0.2) is 0 Å². The Kier molecular flexibility index (Phi) is 6.27. The molecule has 0 radical (unpaired) electrons. The standard InChI is InChI=1S/C25H42N4O3/c1-24(2,29-7-9-32-10-8-29)18-26-22(30)17-27-3-5-28(6-4-27)23(31)25-14-19-11-20(15-25)13-21(12-19)16-25/h19-21H,3-18H2,1-2H3,(H,26,30). The Labute approximate surface area is 193 Å². The van der Waals surface area contributed by atoms with Gasteiger partial charge < -0.3 is 15.0 Å². The molecule has 2 heterocycles. The van der Waals surface area contributed by atoms with Crippen LogP contribution in [0.4, 0.5) is 0 Å². The van der Waals surface area contributed by atoms with E-state index in [1.165, 1.54) is 19.3 Å². The van der Waals surface area contributed by atoms with Crippen LogP contribution < -0.4 is 5.32 Å². The molecule has 2 saturated heterocycles. The van der Waals surface area contributed by atoms with E-state index < -0.39 is 0 Å². The van der Waals surface area contributed by atoms with E-state index in [9.17, 15) is 9.59 Å². The molecule has 4 saturated carbocycles. The summed E-state index contributed by atoms with van der Waals surface area (Å²) in [6.45, 7) is 12.0. The number of morpholine rings is 1. The van der Waals surface area contributed by atoms with Gasteiger partial charge in [-0.1, -0.05) is 0 Å². The number of rotatable bonds is 6. The molecule has 7 heteroatoms. The number of carbonyl (C=O) groups excluding carboxylic acids is 2. The largest absolute Gasteiger partial charge is 0.379 e. The molecule has 32 heavy (non-hydrogen) atoms. The highest BCUT2D eigenvalue weighted by molar-refractivity contribution is 5.83. The van der Waals surface area contributed by atoms with Crippen molar-refractivity contribution >= 4 is 11.8 Å². The smallest absolute Gasteiger partial charge is 0.234 e. The van der Waals surface area contributed by atoms with Gasteiger partial charge in [0, 0.05) is 51.4 Å². The zero-order valence-corrected chi connectivity index (χ0v) is 20.1. The molecule has 2 aliphatic heterocycles. The fourth-order valence-electron chi connectivity index (χ4n) is 7.67. The van der Waals surface area contributed by atoms with Crippen molar-refractivity contribution in [3.63, 3.8) is 0 Å². The number of carbonyl (C=O) groups is 2. The van der Waals surface area contributed by atoms with E-state index in [0.29, 0.717) is 19.0 Å². The lowest BCUT2D eigenvalue weighted by Crippen LogP contribution is -2.59. The van der Waals surface area contributed by atoms with Crippen LogP contribution in [-0.4, -0.2) is 97.6 Å². The number of ether oxygens (including phenoxy) is 1. The van der Waals surface area contributed by atoms with Gasteiger partial charge in [-0.05, 0) is 70.1 Å². The Morgan fingerprint density at radius 2 is 1.47 bits per heavy atom. The van der Waals surface area contributed by atoms with E-state index >= 15 is 0 Å². The summed E-state index contributed by atoms with van der Waals surface area (Å²) < 4.78 is 5.45. The van der Waals surface area contributed by atoms with Crippen LogP contribution >= 0.6 is 0 Å². The monoisotopic (exact) mass is 446 g/mol. The van der Waals surface area contributed by atoms with Gasteiger partial charge in [0.2, 0.25) is 11.8 Å². The van der Waals surface area contributed by atoms with Gasteiger partial charge in [0.25, 0.3) is 0 Å². The summed E-state index contributed by atoms with van der Waals surface area (Å²) in [5.74, 6) is 2.94. The third-order valence-corrected chi connectivity index (χ3v) is 9.10. The van der Waals surface area contributed by atoms with Gasteiger partial charge in [0.15, 0.2) is 0 Å². The van der Waals surface area contributed by atoms with E-state index in [1.807, 2.05) is 0 Å². The predicted octanol–water partition coefficient (Wildman–Crippen LogP) is 1.57. The molecule has 0 aromatic heterocycles. The molecule has 0 aromatic carbocycles. The van der Waals surface area contributed by atoms with Crippen molar-refractivity contribution < 1.29 is 14.3 Å². The summed E-state index contributed by atoms with van der Waals surface area (Å²) in [4.78, 5) is 32.9. The van der Waals surface area contributed by atoms with Crippen molar-refractivity contribution in [1.29, 1.82) is 0 Å². The minimum Gasteiger partial charge on any atom is -0.379 e. The topological polar surface area (TPSA) is 65.1 Å². The van der Waals surface area contributed by atoms with Gasteiger partial charge in [-0.3, -0.25) is 19.4 Å². The SMILES string of the molecule is CC(C)(CNC(=O)CN1CCN(C(=O)C23CC4CC(CC(C4)C2)C3)CC1)N1CCOCC1. The fourth-order valence-corrected chi connectivity index (χ4v) is 7.67. The minimum absolute atomic E-state index is 0.0423. The van der Waals surface area contributed by atoms with E-state index in [-0.39, 0.29) is 16.9 Å². The van der Waals surface area contributed by atoms with Crippen molar-refractivity contribution in [1.82, 2.24) is 20.0 Å². The first-order valence-electron chi connectivity index (χ1n) is 12.9. The van der Waals surface area contributed by atoms with Gasteiger partial charge in [0.05, 0.1) is 25.2 Å². The van der Waals surface area contributed by atoms with Gasteiger partial charge in [-0.25, -0.2) is 0 Å². The molecule has 4 aliphatic carbocycles. The number of nitrogens with zero attached hydrogens (tertiary/aromatic N) is 3. The molecule has 0 unspecified atom stereocenters. The lowest BCUT2D eigenvalue weighted by atomic mass is 9.49. The molecule has 2 amide bonds. The van der Waals surface area contributed by atoms with Gasteiger partial charge in [-0.2, -0.15) is 0 Å². The van der Waals surface area contributed by atoms with E-state index in [2.05, 4.69) is 33.9 Å². The Hall–Kier alpha value is -1.18. The first-order valence-corrected chi connectivity index (χ1v) is 12.9. The van der Waals surface area contributed by atoms with Crippen LogP contribution in [0.25, 0.3) is 0 Å². The molecule has 1 N–H and O–H groups in total. The summed E-state index contributed by atoms with van der Waals surface area (Å²) in [7, 11) is 0. The molecule has 7 nitrogen and oxygen atoms in total. The average molecular weight is 447 g/mol. The third-order valence-electron chi connectivity index (χ3n) is 9.10. The third kappa shape index (κ3) is 4.58. The summed E-state index contributed by atoms with van der Waals surface area (Å²) >= 11 is 0. The number of hydrogen-bond acceptors (Lipinski definition) is 5. The Bertz CT molecular complexity index is 675. The second kappa shape index (κ2) is 8.88. The molecule has 4 bridgehead atoms. The maximum absolute atomic E-state index is 13.6. The second-order valence-electron chi connectivity index (χ2n) is 12.0. The molecule has 0 aromatic rings. The van der Waals surface area contributed by atoms with Crippen LogP contribution in [0.1, 0.15) is 52.4 Å². The van der Waals surface area contributed by atoms with Gasteiger partial charge >= 0.3 is 0 Å². The number of piperazine rings is 1. The van der Waals surface area contributed by atoms with Crippen molar-refractivity contribution in [3.8, 4) is 0 Å². The number of nitrogens with one attached hydrogen (secondary N) is 1. The molecule has 6 aliphatic rings. The lowest BCUT2D eigenvalue weighted by molar-refractivity contribution is -0.159. The average Bonchev–Trinajstić information content (AvgIpc) is 2.78. The van der Waals surface area contributed by atoms with Crippen molar-refractivity contribution in [3.05, 3.63) is 0 Å². The van der Waals surface area contributed by atoms with Crippen molar-refractivity contribution in [2.45, 2.75) is 57.9 Å². The molecular formula is C25H42N4O3. The van der Waals surface area contributed by atoms with Crippen molar-refractivity contribution in [2.24, 2.45) is 23.2 Å². The van der Waals surface area contributed by atoms with Crippen LogP contribution in [-0.2, 0) is 14.3 Å². The van der Waals surface area contributed by atoms with Crippen LogP contribution in [0.3, 0.4) is 0 Å². The highest BCUT2D eigenvalue weighted by Gasteiger charge is 2.55. The lowest BCUT2D eigenvalue weighted by Gasteiger charge is -2.57. The molecule has 0 atom stereocenters. The van der Waals surface area contributed by atoms with Crippen molar-refractivity contribution in [2.75, 3.05) is 65.6 Å². The quantitative estimate of drug-likeness (QED) is 0.671. The Balaban J connectivity index is 1.07. The molecule has 0 spiro atoms. The molecule has 6 fully saturated rings. The maximum atomic E-state index is 13.6. The molecule has 180 valence electrons. The Morgan fingerprint density at radius 1 is 0.906 bits per heavy atom. The van der Waals surface area contributed by atoms with Crippen LogP contribution in [0.2, 0.25) is 0 Å². The summed E-state index contributed by atoms with van der Waals surface area (Å²) in [5.41, 5.74) is -0.109. The van der Waals surface area contributed by atoms with E-state index in [4.69, 9.17) is 4.74 Å². The number of hydrogen-bond donors (Lipinski definition) is 1. The van der Waals surface area contributed by atoms with Crippen LogP contribution in [0.5, 0.6) is 0 Å². The predicted molar refractivity (Wildman–Crippen MR) is 123 cm³/mol. The minimum atomic E-state index is -0.0670. The zero-order chi connectivity index (χ0) is 22.3. The van der Waals surface area contributed by atoms with E-state index in [1.54, 1.807) is 0 Å². The van der Waals surface area contributed by atoms with Gasteiger partial charge in [0.1, 0.15) is 0 Å². The Morgan fingerprint density at radius 3 is 2.03 bits per heavy atom. The normalized spacial score (nSPS) is 35.8. The fraction of sp³-hybridized carbons (Fsp3) is 0.920. The molecule has 6 rings (SSSR count). The highest BCUT2D eigenvalue weighted by atomic mass is 16.5. The number of amides is 2. The summed E-state index contributed by atoms with van der Waals surface area (Å²) in [6.07, 6.45) is 7.53. The van der Waals surface area contributed by atoms with Gasteiger partial charge in [-0.15, -0.1) is 0 Å². The van der Waals surface area contributed by atoms with E-state index in [0.717, 1.165) is 89.5 Å². The summed E-state index contributed by atoms with van der Waals surface area (Å²) in [5, 5.41) is 3.15. The first-order chi connectivity index (χ1) is 15.3. The van der Waals surface area contributed by atoms with Crippen LogP contribution in [0, 0.1) is 23.2 Å². The molecular weight excluding hydrogens is 404 g/mol. The summed E-state index contributed by atoms with van der Waals surface area (Å²) in [6, 6.07) is 0. The highest BCUT2D eigenvalue weighted by Crippen LogP contribution is 2.60. The second-order valence-corrected chi connectivity index (χ2v) is 12.0. The first kappa shape index (κ1) is 22.6. The zero-order valence-electron chi connectivity index (χ0n) is 20.1.